The summed E-state index contributed by atoms with van der Waals surface area (Å²) in [5.74, 6) is 0.906. The SMILES string of the molecule is Cc1cc2c(c3c1NC(=O)C3(C)C)OC(CN)C2.Cl. The van der Waals surface area contributed by atoms with Gasteiger partial charge in [-0.2, -0.15) is 0 Å². The first kappa shape index (κ1) is 14.2. The summed E-state index contributed by atoms with van der Waals surface area (Å²) >= 11 is 0. The first-order chi connectivity index (χ1) is 8.45. The van der Waals surface area contributed by atoms with Crippen LogP contribution in [-0.2, 0) is 16.6 Å². The number of amides is 1. The van der Waals surface area contributed by atoms with Gasteiger partial charge < -0.3 is 15.8 Å². The van der Waals surface area contributed by atoms with Crippen LogP contribution >= 0.6 is 12.4 Å². The van der Waals surface area contributed by atoms with E-state index in [2.05, 4.69) is 11.4 Å². The molecule has 2 aliphatic rings. The van der Waals surface area contributed by atoms with E-state index < -0.39 is 5.41 Å². The van der Waals surface area contributed by atoms with Gasteiger partial charge in [-0.05, 0) is 31.9 Å². The van der Waals surface area contributed by atoms with Gasteiger partial charge >= 0.3 is 0 Å². The summed E-state index contributed by atoms with van der Waals surface area (Å²) in [7, 11) is 0. The molecular formula is C14H19ClN2O2. The molecular weight excluding hydrogens is 264 g/mol. The van der Waals surface area contributed by atoms with Crippen molar-refractivity contribution in [3.8, 4) is 5.75 Å². The Balaban J connectivity index is 0.00000133. The number of benzene rings is 1. The van der Waals surface area contributed by atoms with Crippen molar-refractivity contribution in [3.05, 3.63) is 22.8 Å². The molecule has 0 aliphatic carbocycles. The van der Waals surface area contributed by atoms with Crippen LogP contribution in [0.15, 0.2) is 6.07 Å². The van der Waals surface area contributed by atoms with Gasteiger partial charge in [0.25, 0.3) is 0 Å². The molecule has 2 heterocycles. The molecule has 1 amide bonds. The van der Waals surface area contributed by atoms with Gasteiger partial charge in [-0.25, -0.2) is 0 Å². The summed E-state index contributed by atoms with van der Waals surface area (Å²) in [6.45, 7) is 6.40. The number of nitrogens with two attached hydrogens (primary N) is 1. The predicted octanol–water partition coefficient (Wildman–Crippen LogP) is 1.91. The molecule has 2 aliphatic heterocycles. The Morgan fingerprint density at radius 1 is 1.53 bits per heavy atom. The second-order valence-electron chi connectivity index (χ2n) is 5.69. The third-order valence-electron chi connectivity index (χ3n) is 3.98. The Bertz CT molecular complexity index is 555. The maximum Gasteiger partial charge on any atom is 0.234 e. The molecule has 0 saturated heterocycles. The van der Waals surface area contributed by atoms with Crippen molar-refractivity contribution in [1.82, 2.24) is 0 Å². The molecule has 0 radical (unpaired) electrons. The van der Waals surface area contributed by atoms with E-state index in [1.807, 2.05) is 20.8 Å². The van der Waals surface area contributed by atoms with Crippen LogP contribution in [0.2, 0.25) is 0 Å². The monoisotopic (exact) mass is 282 g/mol. The van der Waals surface area contributed by atoms with E-state index >= 15 is 0 Å². The molecule has 0 bridgehead atoms. The van der Waals surface area contributed by atoms with Crippen LogP contribution in [0, 0.1) is 6.92 Å². The smallest absolute Gasteiger partial charge is 0.234 e. The summed E-state index contributed by atoms with van der Waals surface area (Å²) < 4.78 is 5.92. The topological polar surface area (TPSA) is 64.3 Å². The first-order valence-electron chi connectivity index (χ1n) is 6.30. The molecule has 3 rings (SSSR count). The molecule has 104 valence electrons. The summed E-state index contributed by atoms with van der Waals surface area (Å²) in [6, 6.07) is 2.10. The Labute approximate surface area is 119 Å². The molecule has 5 heteroatoms. The van der Waals surface area contributed by atoms with Crippen LogP contribution < -0.4 is 15.8 Å². The van der Waals surface area contributed by atoms with Crippen molar-refractivity contribution >= 4 is 24.0 Å². The number of carbonyl (C=O) groups excluding carboxylic acids is 1. The number of nitrogens with one attached hydrogen (secondary N) is 1. The molecule has 19 heavy (non-hydrogen) atoms. The van der Waals surface area contributed by atoms with E-state index in [9.17, 15) is 4.79 Å². The maximum absolute atomic E-state index is 12.1. The van der Waals surface area contributed by atoms with Crippen LogP contribution in [0.25, 0.3) is 0 Å². The number of halogens is 1. The number of aryl methyl sites for hydroxylation is 1. The number of hydrogen-bond donors (Lipinski definition) is 2. The molecule has 1 aromatic rings. The Hall–Kier alpha value is -1.26. The third-order valence-corrected chi connectivity index (χ3v) is 3.98. The second-order valence-corrected chi connectivity index (χ2v) is 5.69. The highest BCUT2D eigenvalue weighted by Gasteiger charge is 2.44. The maximum atomic E-state index is 12.1. The zero-order valence-electron chi connectivity index (χ0n) is 11.4. The number of rotatable bonds is 1. The minimum absolute atomic E-state index is 0. The second kappa shape index (κ2) is 4.39. The average molecular weight is 283 g/mol. The lowest BCUT2D eigenvalue weighted by Gasteiger charge is -2.19. The van der Waals surface area contributed by atoms with Crippen molar-refractivity contribution in [2.75, 3.05) is 11.9 Å². The van der Waals surface area contributed by atoms with E-state index in [0.717, 1.165) is 29.0 Å². The van der Waals surface area contributed by atoms with E-state index in [-0.39, 0.29) is 24.4 Å². The quantitative estimate of drug-likeness (QED) is 0.827. The van der Waals surface area contributed by atoms with Gasteiger partial charge in [-0.3, -0.25) is 4.79 Å². The lowest BCUT2D eigenvalue weighted by atomic mass is 9.83. The lowest BCUT2D eigenvalue weighted by molar-refractivity contribution is -0.119. The molecule has 4 nitrogen and oxygen atoms in total. The van der Waals surface area contributed by atoms with Gasteiger partial charge in [0.05, 0.1) is 11.1 Å². The minimum atomic E-state index is -0.533. The Morgan fingerprint density at radius 3 is 2.84 bits per heavy atom. The molecule has 0 saturated carbocycles. The van der Waals surface area contributed by atoms with Crippen molar-refractivity contribution in [3.63, 3.8) is 0 Å². The van der Waals surface area contributed by atoms with E-state index in [4.69, 9.17) is 10.5 Å². The number of carbonyl (C=O) groups is 1. The van der Waals surface area contributed by atoms with E-state index in [0.29, 0.717) is 6.54 Å². The zero-order valence-corrected chi connectivity index (χ0v) is 12.2. The Kier molecular flexibility index (Phi) is 3.27. The first-order valence-corrected chi connectivity index (χ1v) is 6.30. The van der Waals surface area contributed by atoms with Crippen LogP contribution in [-0.4, -0.2) is 18.6 Å². The number of ether oxygens (including phenoxy) is 1. The molecule has 1 atom stereocenters. The summed E-state index contributed by atoms with van der Waals surface area (Å²) in [5, 5.41) is 2.97. The largest absolute Gasteiger partial charge is 0.488 e. The molecule has 0 fully saturated rings. The van der Waals surface area contributed by atoms with E-state index in [1.54, 1.807) is 0 Å². The van der Waals surface area contributed by atoms with Crippen LogP contribution in [0.5, 0.6) is 5.75 Å². The number of hydrogen-bond acceptors (Lipinski definition) is 3. The van der Waals surface area contributed by atoms with Crippen molar-refractivity contribution < 1.29 is 9.53 Å². The fraction of sp³-hybridized carbons (Fsp3) is 0.500. The normalized spacial score (nSPS) is 22.1. The number of anilines is 1. The molecule has 1 aromatic carbocycles. The summed E-state index contributed by atoms with van der Waals surface area (Å²) in [6.07, 6.45) is 0.877. The van der Waals surface area contributed by atoms with Gasteiger partial charge in [0.2, 0.25) is 5.91 Å². The van der Waals surface area contributed by atoms with Crippen LogP contribution in [0.3, 0.4) is 0 Å². The van der Waals surface area contributed by atoms with Gasteiger partial charge in [0.1, 0.15) is 11.9 Å². The molecule has 1 unspecified atom stereocenters. The van der Waals surface area contributed by atoms with Gasteiger partial charge in [0, 0.05) is 18.5 Å². The zero-order chi connectivity index (χ0) is 13.1. The molecule has 0 spiro atoms. The predicted molar refractivity (Wildman–Crippen MR) is 77.3 cm³/mol. The summed E-state index contributed by atoms with van der Waals surface area (Å²) in [4.78, 5) is 12.1. The molecule has 3 N–H and O–H groups in total. The van der Waals surface area contributed by atoms with Crippen molar-refractivity contribution in [1.29, 1.82) is 0 Å². The number of fused-ring (bicyclic) bond motifs is 3. The fourth-order valence-electron chi connectivity index (χ4n) is 2.88. The average Bonchev–Trinajstić information content (AvgIpc) is 2.80. The summed E-state index contributed by atoms with van der Waals surface area (Å²) in [5.41, 5.74) is 9.34. The van der Waals surface area contributed by atoms with E-state index in [1.165, 1.54) is 5.56 Å². The fourth-order valence-corrected chi connectivity index (χ4v) is 2.88. The Morgan fingerprint density at radius 2 is 2.21 bits per heavy atom. The molecule has 0 aromatic heterocycles. The standard InChI is InChI=1S/C14H18N2O2.ClH/c1-7-4-8-5-9(6-15)18-12(8)10-11(7)16-13(17)14(10,2)3;/h4,9H,5-6,15H2,1-3H3,(H,16,17);1H. The highest BCUT2D eigenvalue weighted by Crippen LogP contribution is 2.49. The van der Waals surface area contributed by atoms with Crippen LogP contribution in [0.1, 0.15) is 30.5 Å². The lowest BCUT2D eigenvalue weighted by Crippen LogP contribution is -2.28. The van der Waals surface area contributed by atoms with Crippen molar-refractivity contribution in [2.24, 2.45) is 5.73 Å². The van der Waals surface area contributed by atoms with Gasteiger partial charge in [-0.1, -0.05) is 6.07 Å². The van der Waals surface area contributed by atoms with Gasteiger partial charge in [-0.15, -0.1) is 12.4 Å². The highest BCUT2D eigenvalue weighted by atomic mass is 35.5. The highest BCUT2D eigenvalue weighted by molar-refractivity contribution is 6.07. The van der Waals surface area contributed by atoms with Crippen molar-refractivity contribution in [2.45, 2.75) is 38.7 Å². The third kappa shape index (κ3) is 1.82. The van der Waals surface area contributed by atoms with Crippen LogP contribution in [0.4, 0.5) is 5.69 Å². The minimum Gasteiger partial charge on any atom is -0.488 e. The van der Waals surface area contributed by atoms with Gasteiger partial charge in [0.15, 0.2) is 0 Å².